The van der Waals surface area contributed by atoms with Crippen molar-refractivity contribution in [1.29, 1.82) is 5.26 Å². The van der Waals surface area contributed by atoms with E-state index < -0.39 is 34.5 Å². The normalized spacial score (nSPS) is 9.40. The summed E-state index contributed by atoms with van der Waals surface area (Å²) in [4.78, 5) is 21.2. The Bertz CT molecular complexity index is 491. The Morgan fingerprint density at radius 1 is 1.27 bits per heavy atom. The van der Waals surface area contributed by atoms with Crippen molar-refractivity contribution in [2.24, 2.45) is 0 Å². The second-order valence-electron chi connectivity index (χ2n) is 2.56. The molecular weight excluding hydrogens is 208 g/mol. The molecule has 0 spiro atoms. The van der Waals surface area contributed by atoms with E-state index in [1.54, 1.807) is 0 Å². The molecule has 1 N–H and O–H groups in total. The number of benzene rings is 1. The minimum absolute atomic E-state index is 0.393. The molecule has 4 nitrogen and oxygen atoms in total. The molecule has 0 saturated heterocycles. The van der Waals surface area contributed by atoms with Gasteiger partial charge in [-0.1, -0.05) is 0 Å². The number of carbonyl (C=O) groups excluding carboxylic acids is 1. The molecule has 0 aromatic heterocycles. The molecule has 0 bridgehead atoms. The molecule has 1 rings (SSSR count). The number of hydrogen-bond acceptors (Lipinski definition) is 3. The molecule has 0 aliphatic rings. The average molecular weight is 211 g/mol. The summed E-state index contributed by atoms with van der Waals surface area (Å²) < 4.78 is 25.3. The number of rotatable bonds is 2. The number of carboxylic acid groups (broad SMARTS) is 1. The molecule has 15 heavy (non-hydrogen) atoms. The maximum absolute atomic E-state index is 12.7. The lowest BCUT2D eigenvalue weighted by Gasteiger charge is -2.00. The molecule has 6 heteroatoms. The van der Waals surface area contributed by atoms with Crippen LogP contribution in [0.5, 0.6) is 0 Å². The Hall–Kier alpha value is -2.29. The van der Waals surface area contributed by atoms with Gasteiger partial charge in [0, 0.05) is 0 Å². The quantitative estimate of drug-likeness (QED) is 0.586. The number of halogens is 2. The first-order valence-electron chi connectivity index (χ1n) is 3.64. The molecule has 0 aliphatic carbocycles. The van der Waals surface area contributed by atoms with Gasteiger partial charge in [0.15, 0.2) is 11.6 Å². The summed E-state index contributed by atoms with van der Waals surface area (Å²) in [5.74, 6) is -5.98. The first-order valence-corrected chi connectivity index (χ1v) is 3.64. The maximum Gasteiger partial charge on any atom is 0.377 e. The number of Topliss-reactive ketones (excluding diaryl/α,β-unsaturated/α-hetero) is 1. The van der Waals surface area contributed by atoms with Gasteiger partial charge in [0.05, 0.1) is 11.1 Å². The number of aliphatic carboxylic acids is 1. The van der Waals surface area contributed by atoms with Crippen LogP contribution in [0, 0.1) is 23.0 Å². The van der Waals surface area contributed by atoms with E-state index in [1.807, 2.05) is 0 Å². The van der Waals surface area contributed by atoms with Gasteiger partial charge in [0.2, 0.25) is 0 Å². The fraction of sp³-hybridized carbons (Fsp3) is 0. The second kappa shape index (κ2) is 3.84. The van der Waals surface area contributed by atoms with Crippen LogP contribution in [0.15, 0.2) is 12.1 Å². The number of carbonyl (C=O) groups is 2. The van der Waals surface area contributed by atoms with Crippen molar-refractivity contribution < 1.29 is 23.5 Å². The van der Waals surface area contributed by atoms with Crippen molar-refractivity contribution in [3.63, 3.8) is 0 Å². The molecule has 0 radical (unpaired) electrons. The summed E-state index contributed by atoms with van der Waals surface area (Å²) in [6, 6.07) is 2.28. The Labute approximate surface area is 82.4 Å². The van der Waals surface area contributed by atoms with Crippen LogP contribution in [0.25, 0.3) is 0 Å². The first-order chi connectivity index (χ1) is 6.97. The number of hydrogen-bond donors (Lipinski definition) is 1. The molecule has 76 valence electrons. The predicted molar refractivity (Wildman–Crippen MR) is 43.0 cm³/mol. The van der Waals surface area contributed by atoms with Crippen molar-refractivity contribution in [3.8, 4) is 6.07 Å². The Morgan fingerprint density at radius 2 is 1.80 bits per heavy atom. The van der Waals surface area contributed by atoms with Crippen molar-refractivity contribution >= 4 is 11.8 Å². The van der Waals surface area contributed by atoms with E-state index in [2.05, 4.69) is 0 Å². The zero-order valence-electron chi connectivity index (χ0n) is 7.12. The van der Waals surface area contributed by atoms with Gasteiger partial charge in [-0.25, -0.2) is 13.6 Å². The minimum Gasteiger partial charge on any atom is -0.475 e. The molecule has 1 aromatic rings. The van der Waals surface area contributed by atoms with Crippen molar-refractivity contribution in [3.05, 3.63) is 34.9 Å². The van der Waals surface area contributed by atoms with Gasteiger partial charge in [0.25, 0.3) is 5.78 Å². The van der Waals surface area contributed by atoms with E-state index in [-0.39, 0.29) is 0 Å². The van der Waals surface area contributed by atoms with Gasteiger partial charge in [0.1, 0.15) is 6.07 Å². The van der Waals surface area contributed by atoms with Gasteiger partial charge < -0.3 is 5.11 Å². The highest BCUT2D eigenvalue weighted by atomic mass is 19.2. The number of ketones is 1. The summed E-state index contributed by atoms with van der Waals surface area (Å²) >= 11 is 0. The summed E-state index contributed by atoms with van der Waals surface area (Å²) in [6.07, 6.45) is 0. The molecule has 0 fully saturated rings. The lowest BCUT2D eigenvalue weighted by Crippen LogP contribution is -2.15. The van der Waals surface area contributed by atoms with Crippen LogP contribution in [0.3, 0.4) is 0 Å². The van der Waals surface area contributed by atoms with Gasteiger partial charge in [-0.05, 0) is 12.1 Å². The van der Waals surface area contributed by atoms with Gasteiger partial charge in [-0.15, -0.1) is 0 Å². The largest absolute Gasteiger partial charge is 0.475 e. The van der Waals surface area contributed by atoms with Crippen LogP contribution in [-0.4, -0.2) is 16.9 Å². The zero-order valence-corrected chi connectivity index (χ0v) is 7.12. The predicted octanol–water partition coefficient (Wildman–Crippen LogP) is 1.10. The van der Waals surface area contributed by atoms with E-state index >= 15 is 0 Å². The number of carboxylic acids is 1. The molecule has 0 unspecified atom stereocenters. The van der Waals surface area contributed by atoms with E-state index in [9.17, 15) is 18.4 Å². The van der Waals surface area contributed by atoms with Crippen LogP contribution < -0.4 is 0 Å². The molecule has 0 atom stereocenters. The molecule has 0 amide bonds. The van der Waals surface area contributed by atoms with Crippen LogP contribution in [0.1, 0.15) is 15.9 Å². The fourth-order valence-corrected chi connectivity index (χ4v) is 0.942. The number of nitrogens with zero attached hydrogens (tertiary/aromatic N) is 1. The monoisotopic (exact) mass is 211 g/mol. The SMILES string of the molecule is N#Cc1cc(F)c(F)cc1C(=O)C(=O)O. The zero-order chi connectivity index (χ0) is 11.6. The van der Waals surface area contributed by atoms with Crippen LogP contribution >= 0.6 is 0 Å². The van der Waals surface area contributed by atoms with Crippen LogP contribution in [0.4, 0.5) is 8.78 Å². The molecule has 0 saturated carbocycles. The summed E-state index contributed by atoms with van der Waals surface area (Å²) in [5, 5.41) is 16.8. The van der Waals surface area contributed by atoms with Crippen molar-refractivity contribution in [2.45, 2.75) is 0 Å². The molecular formula is C9H3F2NO3. The molecule has 1 aromatic carbocycles. The van der Waals surface area contributed by atoms with E-state index in [1.165, 1.54) is 6.07 Å². The smallest absolute Gasteiger partial charge is 0.377 e. The van der Waals surface area contributed by atoms with E-state index in [4.69, 9.17) is 10.4 Å². The van der Waals surface area contributed by atoms with E-state index in [0.29, 0.717) is 12.1 Å². The Balaban J connectivity index is 3.42. The lowest BCUT2D eigenvalue weighted by molar-refractivity contribution is -0.131. The third kappa shape index (κ3) is 1.96. The topological polar surface area (TPSA) is 78.2 Å². The first kappa shape index (κ1) is 10.8. The highest BCUT2D eigenvalue weighted by molar-refractivity contribution is 6.40. The Kier molecular flexibility index (Phi) is 2.76. The average Bonchev–Trinajstić information content (AvgIpc) is 2.20. The summed E-state index contributed by atoms with van der Waals surface area (Å²) in [5.41, 5.74) is -1.18. The van der Waals surface area contributed by atoms with E-state index in [0.717, 1.165) is 0 Å². The Morgan fingerprint density at radius 3 is 2.27 bits per heavy atom. The van der Waals surface area contributed by atoms with Gasteiger partial charge in [-0.2, -0.15) is 5.26 Å². The highest BCUT2D eigenvalue weighted by Crippen LogP contribution is 2.15. The van der Waals surface area contributed by atoms with Crippen molar-refractivity contribution in [2.75, 3.05) is 0 Å². The highest BCUT2D eigenvalue weighted by Gasteiger charge is 2.21. The summed E-state index contributed by atoms with van der Waals surface area (Å²) in [7, 11) is 0. The maximum atomic E-state index is 12.7. The van der Waals surface area contributed by atoms with Crippen LogP contribution in [-0.2, 0) is 4.79 Å². The molecule has 0 aliphatic heterocycles. The van der Waals surface area contributed by atoms with Gasteiger partial charge in [-0.3, -0.25) is 4.79 Å². The summed E-state index contributed by atoms with van der Waals surface area (Å²) in [6.45, 7) is 0. The minimum atomic E-state index is -1.84. The number of nitriles is 1. The van der Waals surface area contributed by atoms with Crippen molar-refractivity contribution in [1.82, 2.24) is 0 Å². The lowest BCUT2D eigenvalue weighted by atomic mass is 10.0. The molecule has 0 heterocycles. The standard InChI is InChI=1S/C9H3F2NO3/c10-6-1-4(3-12)5(2-7(6)11)8(13)9(14)15/h1-2H,(H,14,15). The fourth-order valence-electron chi connectivity index (χ4n) is 0.942. The third-order valence-electron chi connectivity index (χ3n) is 1.62. The second-order valence-corrected chi connectivity index (χ2v) is 2.56. The van der Waals surface area contributed by atoms with Gasteiger partial charge >= 0.3 is 5.97 Å². The third-order valence-corrected chi connectivity index (χ3v) is 1.62. The van der Waals surface area contributed by atoms with Crippen LogP contribution in [0.2, 0.25) is 0 Å².